The zero-order valence-electron chi connectivity index (χ0n) is 13.8. The van der Waals surface area contributed by atoms with Crippen LogP contribution in [0, 0.1) is 0 Å². The molecule has 128 valence electrons. The second kappa shape index (κ2) is 7.72. The molecule has 0 aliphatic rings. The Balaban J connectivity index is 1.72. The molecule has 0 saturated heterocycles. The average molecular weight is 379 g/mol. The summed E-state index contributed by atoms with van der Waals surface area (Å²) in [6, 6.07) is 21.9. The lowest BCUT2D eigenvalue weighted by atomic mass is 10.2. The van der Waals surface area contributed by atoms with E-state index in [0.717, 1.165) is 38.6 Å². The average Bonchev–Trinajstić information content (AvgIpc) is 3.12. The van der Waals surface area contributed by atoms with Gasteiger partial charge in [-0.1, -0.05) is 53.7 Å². The summed E-state index contributed by atoms with van der Waals surface area (Å²) in [4.78, 5) is 4.21. The third kappa shape index (κ3) is 3.64. The summed E-state index contributed by atoms with van der Waals surface area (Å²) >= 11 is 7.72. The molecule has 0 fully saturated rings. The topological polar surface area (TPSA) is 43.6 Å². The molecule has 6 heteroatoms. The van der Waals surface area contributed by atoms with Gasteiger partial charge in [-0.3, -0.25) is 9.55 Å². The summed E-state index contributed by atoms with van der Waals surface area (Å²) in [6.45, 7) is 0. The molecular weight excluding hydrogens is 364 g/mol. The van der Waals surface area contributed by atoms with E-state index in [1.807, 2.05) is 60.7 Å². The van der Waals surface area contributed by atoms with Gasteiger partial charge in [0.15, 0.2) is 11.0 Å². The molecular formula is C20H15ClN4S. The van der Waals surface area contributed by atoms with Crippen LogP contribution in [-0.2, 0) is 5.75 Å². The quantitative estimate of drug-likeness (QED) is 0.443. The third-order valence-corrected chi connectivity index (χ3v) is 5.06. The normalized spacial score (nSPS) is 10.8. The minimum atomic E-state index is 0.740. The summed E-state index contributed by atoms with van der Waals surface area (Å²) in [7, 11) is 0. The molecule has 0 saturated carbocycles. The van der Waals surface area contributed by atoms with Crippen LogP contribution in [0.3, 0.4) is 0 Å². The number of benzene rings is 2. The number of hydrogen-bond donors (Lipinski definition) is 0. The number of nitrogens with zero attached hydrogens (tertiary/aromatic N) is 4. The van der Waals surface area contributed by atoms with Crippen LogP contribution in [0.1, 0.15) is 5.56 Å². The number of halogens is 1. The van der Waals surface area contributed by atoms with Gasteiger partial charge in [-0.25, -0.2) is 0 Å². The van der Waals surface area contributed by atoms with Gasteiger partial charge >= 0.3 is 0 Å². The fourth-order valence-electron chi connectivity index (χ4n) is 2.63. The summed E-state index contributed by atoms with van der Waals surface area (Å²) in [5.41, 5.74) is 3.09. The van der Waals surface area contributed by atoms with Gasteiger partial charge < -0.3 is 0 Å². The van der Waals surface area contributed by atoms with Crippen LogP contribution in [0.5, 0.6) is 0 Å². The lowest BCUT2D eigenvalue weighted by molar-refractivity contribution is 0.886. The van der Waals surface area contributed by atoms with E-state index in [-0.39, 0.29) is 0 Å². The molecule has 2 aromatic carbocycles. The van der Waals surface area contributed by atoms with Crippen molar-refractivity contribution in [2.75, 3.05) is 0 Å². The van der Waals surface area contributed by atoms with E-state index in [2.05, 4.69) is 25.8 Å². The molecule has 0 aliphatic carbocycles. The van der Waals surface area contributed by atoms with E-state index < -0.39 is 0 Å². The molecule has 4 rings (SSSR count). The fourth-order valence-corrected chi connectivity index (χ4v) is 3.74. The van der Waals surface area contributed by atoms with Gasteiger partial charge in [0.2, 0.25) is 0 Å². The van der Waals surface area contributed by atoms with Gasteiger partial charge in [0, 0.05) is 34.4 Å². The Morgan fingerprint density at radius 2 is 1.81 bits per heavy atom. The SMILES string of the molecule is Clc1cccc(CSc2nnc(-c3cccnc3)n2-c2ccccc2)c1. The molecule has 0 amide bonds. The van der Waals surface area contributed by atoms with Crippen molar-refractivity contribution in [3.05, 3.63) is 89.7 Å². The Hall–Kier alpha value is -2.63. The number of hydrogen-bond acceptors (Lipinski definition) is 4. The van der Waals surface area contributed by atoms with E-state index in [4.69, 9.17) is 11.6 Å². The van der Waals surface area contributed by atoms with Crippen LogP contribution in [0.2, 0.25) is 5.02 Å². The highest BCUT2D eigenvalue weighted by Gasteiger charge is 2.16. The zero-order chi connectivity index (χ0) is 17.8. The van der Waals surface area contributed by atoms with E-state index in [1.54, 1.807) is 24.2 Å². The zero-order valence-corrected chi connectivity index (χ0v) is 15.4. The maximum atomic E-state index is 6.09. The second-order valence-corrected chi connectivity index (χ2v) is 7.02. The van der Waals surface area contributed by atoms with E-state index in [9.17, 15) is 0 Å². The molecule has 2 aromatic heterocycles. The van der Waals surface area contributed by atoms with Crippen LogP contribution in [0.25, 0.3) is 17.1 Å². The van der Waals surface area contributed by atoms with Crippen molar-refractivity contribution in [3.63, 3.8) is 0 Å². The van der Waals surface area contributed by atoms with Gasteiger partial charge in [-0.15, -0.1) is 10.2 Å². The maximum Gasteiger partial charge on any atom is 0.196 e. The first-order chi connectivity index (χ1) is 12.8. The highest BCUT2D eigenvalue weighted by atomic mass is 35.5. The Labute approximate surface area is 160 Å². The summed E-state index contributed by atoms with van der Waals surface area (Å²) in [5, 5.41) is 10.4. The molecule has 4 nitrogen and oxygen atoms in total. The number of rotatable bonds is 5. The van der Waals surface area contributed by atoms with Crippen molar-refractivity contribution >= 4 is 23.4 Å². The van der Waals surface area contributed by atoms with Crippen molar-refractivity contribution in [2.24, 2.45) is 0 Å². The van der Waals surface area contributed by atoms with Crippen molar-refractivity contribution < 1.29 is 0 Å². The molecule has 0 bridgehead atoms. The molecule has 0 radical (unpaired) electrons. The molecule has 0 unspecified atom stereocenters. The van der Waals surface area contributed by atoms with Crippen LogP contribution in [0.15, 0.2) is 84.3 Å². The smallest absolute Gasteiger partial charge is 0.196 e. The minimum Gasteiger partial charge on any atom is -0.270 e. The van der Waals surface area contributed by atoms with Crippen molar-refractivity contribution in [2.45, 2.75) is 10.9 Å². The lowest BCUT2D eigenvalue weighted by Crippen LogP contribution is -1.99. The molecule has 0 N–H and O–H groups in total. The monoisotopic (exact) mass is 378 g/mol. The molecule has 4 aromatic rings. The number of pyridine rings is 1. The molecule has 0 atom stereocenters. The Kier molecular flexibility index (Phi) is 5.00. The van der Waals surface area contributed by atoms with Crippen molar-refractivity contribution in [1.82, 2.24) is 19.7 Å². The largest absolute Gasteiger partial charge is 0.270 e. The first kappa shape index (κ1) is 16.8. The minimum absolute atomic E-state index is 0.740. The first-order valence-electron chi connectivity index (χ1n) is 8.10. The molecule has 0 spiro atoms. The van der Waals surface area contributed by atoms with Gasteiger partial charge in [0.25, 0.3) is 0 Å². The molecule has 2 heterocycles. The first-order valence-corrected chi connectivity index (χ1v) is 9.46. The number of aromatic nitrogens is 4. The summed E-state index contributed by atoms with van der Waals surface area (Å²) in [6.07, 6.45) is 3.55. The maximum absolute atomic E-state index is 6.09. The van der Waals surface area contributed by atoms with Crippen LogP contribution in [-0.4, -0.2) is 19.7 Å². The van der Waals surface area contributed by atoms with E-state index in [1.165, 1.54) is 0 Å². The Morgan fingerprint density at radius 3 is 2.58 bits per heavy atom. The Morgan fingerprint density at radius 1 is 0.923 bits per heavy atom. The highest BCUT2D eigenvalue weighted by molar-refractivity contribution is 7.98. The van der Waals surface area contributed by atoms with E-state index in [0.29, 0.717) is 0 Å². The molecule has 26 heavy (non-hydrogen) atoms. The van der Waals surface area contributed by atoms with Gasteiger partial charge in [-0.05, 0) is 42.0 Å². The number of thioether (sulfide) groups is 1. The third-order valence-electron chi connectivity index (χ3n) is 3.82. The van der Waals surface area contributed by atoms with Crippen molar-refractivity contribution in [3.8, 4) is 17.1 Å². The highest BCUT2D eigenvalue weighted by Crippen LogP contribution is 2.29. The van der Waals surface area contributed by atoms with Crippen LogP contribution in [0.4, 0.5) is 0 Å². The second-order valence-electron chi connectivity index (χ2n) is 5.64. The predicted octanol–water partition coefficient (Wildman–Crippen LogP) is 5.28. The summed E-state index contributed by atoms with van der Waals surface area (Å²) in [5.74, 6) is 1.54. The number of para-hydroxylation sites is 1. The van der Waals surface area contributed by atoms with E-state index >= 15 is 0 Å². The van der Waals surface area contributed by atoms with Gasteiger partial charge in [0.05, 0.1) is 0 Å². The van der Waals surface area contributed by atoms with Crippen LogP contribution >= 0.6 is 23.4 Å². The molecule has 0 aliphatic heterocycles. The predicted molar refractivity (Wildman–Crippen MR) is 106 cm³/mol. The summed E-state index contributed by atoms with van der Waals surface area (Å²) < 4.78 is 2.06. The lowest BCUT2D eigenvalue weighted by Gasteiger charge is -2.10. The standard InChI is InChI=1S/C20H15ClN4S/c21-17-8-4-6-15(12-17)14-26-20-24-23-19(16-7-5-11-22-13-16)25(20)18-9-2-1-3-10-18/h1-13H,14H2. The fraction of sp³-hybridized carbons (Fsp3) is 0.0500. The van der Waals surface area contributed by atoms with Crippen molar-refractivity contribution in [1.29, 1.82) is 0 Å². The van der Waals surface area contributed by atoms with Gasteiger partial charge in [-0.2, -0.15) is 0 Å². The Bertz CT molecular complexity index is 1000. The van der Waals surface area contributed by atoms with Crippen LogP contribution < -0.4 is 0 Å². The van der Waals surface area contributed by atoms with Gasteiger partial charge in [0.1, 0.15) is 0 Å².